The van der Waals surface area contributed by atoms with Gasteiger partial charge in [-0.15, -0.1) is 0 Å². The van der Waals surface area contributed by atoms with Gasteiger partial charge in [0.1, 0.15) is 5.75 Å². The van der Waals surface area contributed by atoms with E-state index in [9.17, 15) is 0 Å². The van der Waals surface area contributed by atoms with E-state index in [0.29, 0.717) is 0 Å². The van der Waals surface area contributed by atoms with Crippen LogP contribution < -0.4 is 4.74 Å². The van der Waals surface area contributed by atoms with Crippen molar-refractivity contribution in [3.63, 3.8) is 0 Å². The van der Waals surface area contributed by atoms with Crippen LogP contribution in [-0.2, 0) is 0 Å². The Hall–Kier alpha value is -2.02. The van der Waals surface area contributed by atoms with Gasteiger partial charge in [0.25, 0.3) is 0 Å². The van der Waals surface area contributed by atoms with Crippen molar-refractivity contribution in [1.82, 2.24) is 0 Å². The summed E-state index contributed by atoms with van der Waals surface area (Å²) in [6.07, 6.45) is 14.3. The number of methoxy groups -OCH3 is 1. The third-order valence-corrected chi connectivity index (χ3v) is 2.42. The molecule has 0 N–H and O–H groups in total. The van der Waals surface area contributed by atoms with Gasteiger partial charge < -0.3 is 4.74 Å². The van der Waals surface area contributed by atoms with Gasteiger partial charge in [-0.2, -0.15) is 0 Å². The molecule has 1 aliphatic carbocycles. The third kappa shape index (κ3) is 2.51. The summed E-state index contributed by atoms with van der Waals surface area (Å²) in [5.74, 6) is 0.884. The molecule has 0 bridgehead atoms. The minimum absolute atomic E-state index is 0.884. The number of hydrogen-bond acceptors (Lipinski definition) is 1. The van der Waals surface area contributed by atoms with Crippen LogP contribution in [0.4, 0.5) is 0 Å². The minimum Gasteiger partial charge on any atom is -0.497 e. The molecular weight excluding hydrogens is 196 g/mol. The summed E-state index contributed by atoms with van der Waals surface area (Å²) >= 11 is 0. The number of hydrogen-bond donors (Lipinski definition) is 0. The van der Waals surface area contributed by atoms with Crippen molar-refractivity contribution in [2.45, 2.75) is 0 Å². The van der Waals surface area contributed by atoms with Crippen molar-refractivity contribution in [1.29, 1.82) is 0 Å². The van der Waals surface area contributed by atoms with Gasteiger partial charge in [0.2, 0.25) is 0 Å². The van der Waals surface area contributed by atoms with Crippen molar-refractivity contribution in [2.24, 2.45) is 0 Å². The average molecular weight is 210 g/mol. The smallest absolute Gasteiger partial charge is 0.118 e. The van der Waals surface area contributed by atoms with Crippen molar-refractivity contribution < 1.29 is 4.74 Å². The molecule has 0 fully saturated rings. The van der Waals surface area contributed by atoms with Crippen LogP contribution >= 0.6 is 0 Å². The predicted octanol–water partition coefficient (Wildman–Crippen LogP) is 3.76. The number of allylic oxidation sites excluding steroid dienone is 8. The standard InChI is InChI=1S/C15H14O/c1-16-15-11-9-14(10-12-15)13-7-5-3-2-4-6-8-13/h2-12H,1H3/b3-2-,4-2?,5-3?,6-4-,7-5-,8-6?,13-7?,13-8+. The summed E-state index contributed by atoms with van der Waals surface area (Å²) in [7, 11) is 1.68. The average Bonchev–Trinajstić information content (AvgIpc) is 2.29. The van der Waals surface area contributed by atoms with E-state index in [1.807, 2.05) is 42.5 Å². The molecule has 16 heavy (non-hydrogen) atoms. The zero-order valence-electron chi connectivity index (χ0n) is 9.26. The number of ether oxygens (including phenoxy) is 1. The van der Waals surface area contributed by atoms with Gasteiger partial charge >= 0.3 is 0 Å². The van der Waals surface area contributed by atoms with Crippen LogP contribution in [0.3, 0.4) is 0 Å². The Morgan fingerprint density at radius 3 is 2.25 bits per heavy atom. The highest BCUT2D eigenvalue weighted by molar-refractivity contribution is 5.76. The summed E-state index contributed by atoms with van der Waals surface area (Å²) < 4.78 is 5.14. The van der Waals surface area contributed by atoms with E-state index in [4.69, 9.17) is 4.74 Å². The molecule has 1 nitrogen and oxygen atoms in total. The molecule has 0 saturated heterocycles. The van der Waals surface area contributed by atoms with Crippen LogP contribution in [0.2, 0.25) is 0 Å². The Balaban J connectivity index is 2.29. The lowest BCUT2D eigenvalue weighted by Gasteiger charge is -2.04. The molecule has 2 rings (SSSR count). The van der Waals surface area contributed by atoms with Gasteiger partial charge in [-0.3, -0.25) is 0 Å². The van der Waals surface area contributed by atoms with Crippen molar-refractivity contribution in [3.05, 3.63) is 72.4 Å². The first-order valence-electron chi connectivity index (χ1n) is 5.26. The van der Waals surface area contributed by atoms with Crippen molar-refractivity contribution >= 4 is 5.57 Å². The molecule has 0 atom stereocenters. The van der Waals surface area contributed by atoms with Gasteiger partial charge in [-0.05, 0) is 23.3 Å². The Bertz CT molecular complexity index is 459. The fourth-order valence-corrected chi connectivity index (χ4v) is 1.54. The highest BCUT2D eigenvalue weighted by Gasteiger charge is 1.97. The monoisotopic (exact) mass is 210 g/mol. The molecule has 1 aromatic rings. The Morgan fingerprint density at radius 1 is 0.812 bits per heavy atom. The maximum atomic E-state index is 5.14. The molecule has 0 aromatic heterocycles. The zero-order chi connectivity index (χ0) is 11.2. The first kappa shape index (κ1) is 10.5. The van der Waals surface area contributed by atoms with E-state index in [-0.39, 0.29) is 0 Å². The van der Waals surface area contributed by atoms with E-state index in [2.05, 4.69) is 24.3 Å². The number of rotatable bonds is 2. The molecule has 0 radical (unpaired) electrons. The van der Waals surface area contributed by atoms with E-state index in [1.165, 1.54) is 11.1 Å². The molecule has 0 heterocycles. The summed E-state index contributed by atoms with van der Waals surface area (Å²) in [6.45, 7) is 0. The minimum atomic E-state index is 0.884. The Labute approximate surface area is 96.1 Å². The van der Waals surface area contributed by atoms with Crippen LogP contribution in [0.1, 0.15) is 5.56 Å². The van der Waals surface area contributed by atoms with Crippen LogP contribution in [0.25, 0.3) is 5.57 Å². The second-order valence-corrected chi connectivity index (χ2v) is 3.48. The summed E-state index contributed by atoms with van der Waals surface area (Å²) in [5, 5.41) is 0. The molecule has 1 aromatic carbocycles. The number of benzene rings is 1. The first-order valence-corrected chi connectivity index (χ1v) is 5.26. The zero-order valence-corrected chi connectivity index (χ0v) is 9.26. The molecule has 0 spiro atoms. The van der Waals surface area contributed by atoms with Gasteiger partial charge in [-0.1, -0.05) is 54.7 Å². The fraction of sp³-hybridized carbons (Fsp3) is 0.0667. The van der Waals surface area contributed by atoms with Crippen LogP contribution in [0, 0.1) is 0 Å². The van der Waals surface area contributed by atoms with E-state index < -0.39 is 0 Å². The second kappa shape index (κ2) is 5.17. The Kier molecular flexibility index (Phi) is 3.39. The normalized spacial score (nSPS) is 23.4. The molecule has 1 heteroatoms. The maximum absolute atomic E-state index is 5.14. The van der Waals surface area contributed by atoms with Crippen molar-refractivity contribution in [3.8, 4) is 5.75 Å². The van der Waals surface area contributed by atoms with E-state index >= 15 is 0 Å². The van der Waals surface area contributed by atoms with E-state index in [0.717, 1.165) is 5.75 Å². The lowest BCUT2D eigenvalue weighted by atomic mass is 10.0. The van der Waals surface area contributed by atoms with E-state index in [1.54, 1.807) is 7.11 Å². The lowest BCUT2D eigenvalue weighted by Crippen LogP contribution is -1.84. The second-order valence-electron chi connectivity index (χ2n) is 3.48. The predicted molar refractivity (Wildman–Crippen MR) is 68.4 cm³/mol. The van der Waals surface area contributed by atoms with Gasteiger partial charge in [-0.25, -0.2) is 0 Å². The largest absolute Gasteiger partial charge is 0.497 e. The summed E-state index contributed by atoms with van der Waals surface area (Å²) in [4.78, 5) is 0. The van der Waals surface area contributed by atoms with Gasteiger partial charge in [0.05, 0.1) is 7.11 Å². The summed E-state index contributed by atoms with van der Waals surface area (Å²) in [6, 6.07) is 8.08. The van der Waals surface area contributed by atoms with Crippen LogP contribution in [-0.4, -0.2) is 7.11 Å². The first-order chi connectivity index (χ1) is 7.90. The molecule has 0 saturated carbocycles. The molecule has 0 unspecified atom stereocenters. The molecule has 0 aliphatic heterocycles. The highest BCUT2D eigenvalue weighted by atomic mass is 16.5. The molecular formula is C15H14O. The molecule has 0 amide bonds. The van der Waals surface area contributed by atoms with Crippen molar-refractivity contribution in [2.75, 3.05) is 7.11 Å². The fourth-order valence-electron chi connectivity index (χ4n) is 1.54. The maximum Gasteiger partial charge on any atom is 0.118 e. The van der Waals surface area contributed by atoms with Gasteiger partial charge in [0, 0.05) is 0 Å². The topological polar surface area (TPSA) is 9.23 Å². The molecule has 1 aliphatic rings. The lowest BCUT2D eigenvalue weighted by molar-refractivity contribution is 0.415. The SMILES string of the molecule is COc1ccc(C2=C/C=C\C=C/C=C\2)cc1. The van der Waals surface area contributed by atoms with Crippen LogP contribution in [0.15, 0.2) is 66.8 Å². The quantitative estimate of drug-likeness (QED) is 0.722. The third-order valence-electron chi connectivity index (χ3n) is 2.42. The summed E-state index contributed by atoms with van der Waals surface area (Å²) in [5.41, 5.74) is 2.39. The highest BCUT2D eigenvalue weighted by Crippen LogP contribution is 2.20. The molecule has 80 valence electrons. The van der Waals surface area contributed by atoms with Crippen LogP contribution in [0.5, 0.6) is 5.75 Å². The van der Waals surface area contributed by atoms with Gasteiger partial charge in [0.15, 0.2) is 0 Å². The Morgan fingerprint density at radius 2 is 1.50 bits per heavy atom.